The summed E-state index contributed by atoms with van der Waals surface area (Å²) in [4.78, 5) is 23.1. The number of aliphatic hydroxyl groups excluding tert-OH is 1. The predicted molar refractivity (Wildman–Crippen MR) is 121 cm³/mol. The molecule has 11 heteroatoms. The molecule has 184 valence electrons. The van der Waals surface area contributed by atoms with Crippen molar-refractivity contribution in [2.45, 2.75) is 25.8 Å². The van der Waals surface area contributed by atoms with E-state index in [0.29, 0.717) is 30.0 Å². The molecule has 1 aromatic carbocycles. The Morgan fingerprint density at radius 2 is 1.91 bits per heavy atom. The fourth-order valence-electron chi connectivity index (χ4n) is 3.98. The van der Waals surface area contributed by atoms with Crippen LogP contribution in [0.15, 0.2) is 55.0 Å². The van der Waals surface area contributed by atoms with Crippen LogP contribution in [-0.4, -0.2) is 46.5 Å². The van der Waals surface area contributed by atoms with Gasteiger partial charge in [-0.2, -0.15) is 0 Å². The number of halogens is 4. The largest absolute Gasteiger partial charge is 0.573 e. The quantitative estimate of drug-likeness (QED) is 0.490. The van der Waals surface area contributed by atoms with Crippen molar-refractivity contribution >= 4 is 17.4 Å². The van der Waals surface area contributed by atoms with Crippen molar-refractivity contribution in [3.05, 3.63) is 66.4 Å². The number of nitrogens with one attached hydrogen (secondary N) is 1. The zero-order chi connectivity index (χ0) is 25.2. The summed E-state index contributed by atoms with van der Waals surface area (Å²) < 4.78 is 54.8. The molecule has 2 atom stereocenters. The molecule has 2 N–H and O–H groups in total. The van der Waals surface area contributed by atoms with Crippen molar-refractivity contribution in [2.75, 3.05) is 23.3 Å². The molecule has 7 nitrogen and oxygen atoms in total. The fraction of sp³-hybridized carbons (Fsp3) is 0.292. The summed E-state index contributed by atoms with van der Waals surface area (Å²) in [6, 6.07) is 7.52. The van der Waals surface area contributed by atoms with Gasteiger partial charge in [0.15, 0.2) is 0 Å². The molecular formula is C24H22F4N4O3. The number of hydrogen-bond acceptors (Lipinski definition) is 6. The first-order valence-corrected chi connectivity index (χ1v) is 10.8. The molecule has 1 aliphatic heterocycles. The third-order valence-electron chi connectivity index (χ3n) is 5.72. The number of alkyl halides is 3. The van der Waals surface area contributed by atoms with Gasteiger partial charge in [-0.15, -0.1) is 13.2 Å². The van der Waals surface area contributed by atoms with Gasteiger partial charge in [0.2, 0.25) is 0 Å². The van der Waals surface area contributed by atoms with E-state index in [1.165, 1.54) is 30.6 Å². The zero-order valence-electron chi connectivity index (χ0n) is 18.6. The molecule has 35 heavy (non-hydrogen) atoms. The molecule has 2 aromatic heterocycles. The van der Waals surface area contributed by atoms with Gasteiger partial charge < -0.3 is 20.1 Å². The van der Waals surface area contributed by atoms with Gasteiger partial charge in [0.05, 0.1) is 17.9 Å². The molecule has 0 saturated carbocycles. The van der Waals surface area contributed by atoms with Crippen LogP contribution in [0.4, 0.5) is 29.1 Å². The van der Waals surface area contributed by atoms with E-state index >= 15 is 0 Å². The average Bonchev–Trinajstić information content (AvgIpc) is 3.19. The van der Waals surface area contributed by atoms with Crippen LogP contribution < -0.4 is 15.0 Å². The SMILES string of the molecule is CC[C@H]1CN(c2ncc(C(=O)Nc3ccc(OC(F)(F)F)cc3)cc2-c2cncc(F)c2)C[C@@H]1O. The van der Waals surface area contributed by atoms with Crippen LogP contribution in [0.2, 0.25) is 0 Å². The van der Waals surface area contributed by atoms with Gasteiger partial charge in [-0.3, -0.25) is 9.78 Å². The fourth-order valence-corrected chi connectivity index (χ4v) is 3.98. The highest BCUT2D eigenvalue weighted by atomic mass is 19.4. The number of ether oxygens (including phenoxy) is 1. The molecule has 4 rings (SSSR count). The van der Waals surface area contributed by atoms with Crippen LogP contribution in [-0.2, 0) is 0 Å². The number of aromatic nitrogens is 2. The van der Waals surface area contributed by atoms with E-state index in [2.05, 4.69) is 20.0 Å². The molecule has 1 amide bonds. The number of nitrogens with zero attached hydrogens (tertiary/aromatic N) is 3. The van der Waals surface area contributed by atoms with Crippen LogP contribution in [0.5, 0.6) is 5.75 Å². The number of hydrogen-bond donors (Lipinski definition) is 2. The smallest absolute Gasteiger partial charge is 0.406 e. The van der Waals surface area contributed by atoms with Crippen molar-refractivity contribution in [2.24, 2.45) is 5.92 Å². The van der Waals surface area contributed by atoms with E-state index in [0.717, 1.165) is 24.8 Å². The number of carbonyl (C=O) groups excluding carboxylic acids is 1. The summed E-state index contributed by atoms with van der Waals surface area (Å²) in [6.45, 7) is 2.88. The van der Waals surface area contributed by atoms with Gasteiger partial charge >= 0.3 is 6.36 Å². The highest BCUT2D eigenvalue weighted by Crippen LogP contribution is 2.34. The summed E-state index contributed by atoms with van der Waals surface area (Å²) in [6.07, 6.45) is -0.702. The Hall–Kier alpha value is -3.73. The number of amides is 1. The topological polar surface area (TPSA) is 87.6 Å². The minimum absolute atomic E-state index is 0.0579. The molecule has 1 fully saturated rings. The molecule has 3 aromatic rings. The number of carbonyl (C=O) groups is 1. The van der Waals surface area contributed by atoms with Crippen molar-refractivity contribution in [1.29, 1.82) is 0 Å². The van der Waals surface area contributed by atoms with Crippen LogP contribution in [0.1, 0.15) is 23.7 Å². The Morgan fingerprint density at radius 3 is 2.54 bits per heavy atom. The molecule has 0 bridgehead atoms. The van der Waals surface area contributed by atoms with E-state index in [9.17, 15) is 27.5 Å². The maximum absolute atomic E-state index is 13.9. The Kier molecular flexibility index (Phi) is 6.88. The summed E-state index contributed by atoms with van der Waals surface area (Å²) in [5.74, 6) is -0.995. The highest BCUT2D eigenvalue weighted by molar-refractivity contribution is 6.05. The molecule has 1 aliphatic rings. The van der Waals surface area contributed by atoms with Crippen LogP contribution in [0, 0.1) is 11.7 Å². The summed E-state index contributed by atoms with van der Waals surface area (Å²) >= 11 is 0. The van der Waals surface area contributed by atoms with E-state index < -0.39 is 29.9 Å². The zero-order valence-corrected chi connectivity index (χ0v) is 18.6. The minimum atomic E-state index is -4.82. The van der Waals surface area contributed by atoms with Gasteiger partial charge in [0, 0.05) is 48.2 Å². The molecule has 0 unspecified atom stereocenters. The molecule has 0 spiro atoms. The number of rotatable bonds is 6. The average molecular weight is 490 g/mol. The lowest BCUT2D eigenvalue weighted by Gasteiger charge is -2.21. The third-order valence-corrected chi connectivity index (χ3v) is 5.72. The Balaban J connectivity index is 1.61. The molecule has 0 radical (unpaired) electrons. The number of benzene rings is 1. The van der Waals surface area contributed by atoms with Gasteiger partial charge in [-0.25, -0.2) is 9.37 Å². The lowest BCUT2D eigenvalue weighted by Crippen LogP contribution is -2.23. The Morgan fingerprint density at radius 1 is 1.17 bits per heavy atom. The normalized spacial score (nSPS) is 17.9. The summed E-state index contributed by atoms with van der Waals surface area (Å²) in [5, 5.41) is 12.9. The maximum atomic E-state index is 13.9. The van der Waals surface area contributed by atoms with Crippen LogP contribution in [0.3, 0.4) is 0 Å². The van der Waals surface area contributed by atoms with Crippen molar-refractivity contribution < 1.29 is 32.2 Å². The van der Waals surface area contributed by atoms with Crippen LogP contribution in [0.25, 0.3) is 11.1 Å². The predicted octanol–water partition coefficient (Wildman–Crippen LogP) is 4.64. The molecular weight excluding hydrogens is 468 g/mol. The molecule has 3 heterocycles. The molecule has 1 saturated heterocycles. The van der Waals surface area contributed by atoms with Gasteiger partial charge in [-0.1, -0.05) is 6.92 Å². The highest BCUT2D eigenvalue weighted by Gasteiger charge is 2.33. The van der Waals surface area contributed by atoms with Gasteiger partial charge in [-0.05, 0) is 42.8 Å². The van der Waals surface area contributed by atoms with Crippen LogP contribution >= 0.6 is 0 Å². The molecule has 0 aliphatic carbocycles. The Bertz CT molecular complexity index is 1200. The van der Waals surface area contributed by atoms with E-state index in [1.807, 2.05) is 11.8 Å². The van der Waals surface area contributed by atoms with Crippen molar-refractivity contribution in [1.82, 2.24) is 9.97 Å². The van der Waals surface area contributed by atoms with Crippen molar-refractivity contribution in [3.8, 4) is 16.9 Å². The maximum Gasteiger partial charge on any atom is 0.573 e. The third kappa shape index (κ3) is 5.86. The van der Waals surface area contributed by atoms with Gasteiger partial charge in [0.25, 0.3) is 5.91 Å². The lowest BCUT2D eigenvalue weighted by atomic mass is 10.0. The van der Waals surface area contributed by atoms with E-state index in [-0.39, 0.29) is 17.2 Å². The Labute approximate surface area is 198 Å². The first-order chi connectivity index (χ1) is 16.6. The second-order valence-corrected chi connectivity index (χ2v) is 8.15. The van der Waals surface area contributed by atoms with E-state index in [1.54, 1.807) is 6.07 Å². The standard InChI is InChI=1S/C24H22F4N4O3/c1-2-14-12-32(13-21(14)33)22-20(15-7-17(25)11-29-9-15)8-16(10-30-22)23(34)31-18-3-5-19(6-4-18)35-24(26,27)28/h3-11,14,21,33H,2,12-13H2,1H3,(H,31,34)/t14-,21-/m0/s1. The summed E-state index contributed by atoms with van der Waals surface area (Å²) in [7, 11) is 0. The number of anilines is 2. The monoisotopic (exact) mass is 490 g/mol. The number of aliphatic hydroxyl groups is 1. The number of β-amino-alcohol motifs (C(OH)–C–C–N with tert-alkyl or cyclic N) is 1. The minimum Gasteiger partial charge on any atom is -0.406 e. The second kappa shape index (κ2) is 9.87. The lowest BCUT2D eigenvalue weighted by molar-refractivity contribution is -0.274. The van der Waals surface area contributed by atoms with Gasteiger partial charge in [0.1, 0.15) is 17.4 Å². The first-order valence-electron chi connectivity index (χ1n) is 10.8. The van der Waals surface area contributed by atoms with Crippen molar-refractivity contribution in [3.63, 3.8) is 0 Å². The number of pyridine rings is 2. The van der Waals surface area contributed by atoms with E-state index in [4.69, 9.17) is 0 Å². The first kappa shape index (κ1) is 24.4. The second-order valence-electron chi connectivity index (χ2n) is 8.15. The summed E-state index contributed by atoms with van der Waals surface area (Å²) in [5.41, 5.74) is 1.26.